The minimum atomic E-state index is -0.148. The van der Waals surface area contributed by atoms with E-state index in [1.807, 2.05) is 29.8 Å². The fraction of sp³-hybridized carbons (Fsp3) is 0.0526. The summed E-state index contributed by atoms with van der Waals surface area (Å²) in [6.45, 7) is 0.601. The number of benzene rings is 1. The molecule has 4 rings (SSSR count). The molecule has 1 amide bonds. The van der Waals surface area contributed by atoms with E-state index in [1.54, 1.807) is 30.5 Å². The number of fused-ring (bicyclic) bond motifs is 1. The van der Waals surface area contributed by atoms with Gasteiger partial charge in [-0.25, -0.2) is 4.98 Å². The van der Waals surface area contributed by atoms with Gasteiger partial charge in [0, 0.05) is 35.0 Å². The lowest BCUT2D eigenvalue weighted by Crippen LogP contribution is -2.12. The number of amides is 1. The number of H-pyrrole nitrogens is 1. The monoisotopic (exact) mass is 382 g/mol. The molecular formula is C19H15ClN4OS. The van der Waals surface area contributed by atoms with Crippen LogP contribution in [0.3, 0.4) is 0 Å². The molecule has 4 aromatic rings. The number of anilines is 2. The summed E-state index contributed by atoms with van der Waals surface area (Å²) in [4.78, 5) is 20.6. The van der Waals surface area contributed by atoms with Crippen molar-refractivity contribution in [3.8, 4) is 0 Å². The van der Waals surface area contributed by atoms with Gasteiger partial charge in [-0.05, 0) is 53.4 Å². The number of aromatic nitrogens is 2. The van der Waals surface area contributed by atoms with E-state index in [9.17, 15) is 4.79 Å². The summed E-state index contributed by atoms with van der Waals surface area (Å²) < 4.78 is 0. The Morgan fingerprint density at radius 2 is 2.04 bits per heavy atom. The summed E-state index contributed by atoms with van der Waals surface area (Å²) in [5, 5.41) is 9.84. The third kappa shape index (κ3) is 3.42. The second kappa shape index (κ2) is 7.19. The maximum absolute atomic E-state index is 12.6. The number of hydrogen-bond donors (Lipinski definition) is 3. The predicted molar refractivity (Wildman–Crippen MR) is 107 cm³/mol. The van der Waals surface area contributed by atoms with Gasteiger partial charge in [-0.3, -0.25) is 4.79 Å². The number of hydrogen-bond acceptors (Lipinski definition) is 4. The highest BCUT2D eigenvalue weighted by Gasteiger charge is 2.14. The number of rotatable bonds is 5. The van der Waals surface area contributed by atoms with Gasteiger partial charge in [0.05, 0.1) is 5.69 Å². The molecule has 1 aromatic carbocycles. The highest BCUT2D eigenvalue weighted by molar-refractivity contribution is 7.12. The van der Waals surface area contributed by atoms with Gasteiger partial charge in [0.2, 0.25) is 0 Å². The Morgan fingerprint density at radius 3 is 2.88 bits per heavy atom. The van der Waals surface area contributed by atoms with Gasteiger partial charge in [-0.15, -0.1) is 11.3 Å². The fourth-order valence-corrected chi connectivity index (χ4v) is 3.59. The number of nitrogens with one attached hydrogen (secondary N) is 3. The first kappa shape index (κ1) is 16.6. The van der Waals surface area contributed by atoms with E-state index in [0.717, 1.165) is 22.3 Å². The maximum atomic E-state index is 12.6. The summed E-state index contributed by atoms with van der Waals surface area (Å²) in [5.74, 6) is -0.148. The zero-order valence-electron chi connectivity index (χ0n) is 13.6. The number of carbonyl (C=O) groups is 1. The second-order valence-electron chi connectivity index (χ2n) is 5.69. The van der Waals surface area contributed by atoms with Crippen molar-refractivity contribution in [3.63, 3.8) is 0 Å². The molecule has 0 aliphatic heterocycles. The lowest BCUT2D eigenvalue weighted by molar-refractivity contribution is 0.103. The Balaban J connectivity index is 1.48. The molecule has 0 radical (unpaired) electrons. The molecule has 0 saturated carbocycles. The molecular weight excluding hydrogens is 368 g/mol. The van der Waals surface area contributed by atoms with Crippen molar-refractivity contribution in [2.45, 2.75) is 6.54 Å². The molecule has 7 heteroatoms. The Morgan fingerprint density at radius 1 is 1.19 bits per heavy atom. The van der Waals surface area contributed by atoms with Crippen LogP contribution in [-0.4, -0.2) is 15.9 Å². The van der Waals surface area contributed by atoms with Gasteiger partial charge in [-0.1, -0.05) is 11.6 Å². The van der Waals surface area contributed by atoms with Crippen LogP contribution in [0.4, 0.5) is 11.4 Å². The van der Waals surface area contributed by atoms with Gasteiger partial charge in [0.25, 0.3) is 5.91 Å². The smallest absolute Gasteiger partial charge is 0.267 e. The van der Waals surface area contributed by atoms with Crippen LogP contribution >= 0.6 is 22.9 Å². The van der Waals surface area contributed by atoms with Crippen LogP contribution in [-0.2, 0) is 6.54 Å². The van der Waals surface area contributed by atoms with E-state index >= 15 is 0 Å². The first-order valence-electron chi connectivity index (χ1n) is 8.00. The predicted octanol–water partition coefficient (Wildman–Crippen LogP) is 5.14. The van der Waals surface area contributed by atoms with Gasteiger partial charge in [-0.2, -0.15) is 0 Å². The lowest BCUT2D eigenvalue weighted by Gasteiger charge is -2.08. The van der Waals surface area contributed by atoms with Crippen molar-refractivity contribution in [3.05, 3.63) is 75.7 Å². The number of thiophene rings is 1. The zero-order valence-corrected chi connectivity index (χ0v) is 15.2. The number of nitrogens with zero attached hydrogens (tertiary/aromatic N) is 1. The molecule has 0 saturated heterocycles. The van der Waals surface area contributed by atoms with Crippen molar-refractivity contribution in [1.29, 1.82) is 0 Å². The summed E-state index contributed by atoms with van der Waals surface area (Å²) in [5.41, 5.74) is 3.47. The summed E-state index contributed by atoms with van der Waals surface area (Å²) in [6.07, 6.45) is 3.69. The molecule has 3 heterocycles. The lowest BCUT2D eigenvalue weighted by atomic mass is 10.2. The number of halogens is 1. The standard InChI is InChI=1S/C19H15ClN4OS/c20-13-3-5-14(6-4-13)24-19(25)17-16(7-9-26-17)22-10-12-11-23-18-15(12)2-1-8-21-18/h1-9,11,22H,10H2,(H,21,23)(H,24,25). The van der Waals surface area contributed by atoms with Crippen molar-refractivity contribution in [1.82, 2.24) is 9.97 Å². The molecule has 0 spiro atoms. The molecule has 5 nitrogen and oxygen atoms in total. The minimum Gasteiger partial charge on any atom is -0.380 e. The van der Waals surface area contributed by atoms with E-state index in [0.29, 0.717) is 22.1 Å². The van der Waals surface area contributed by atoms with Crippen molar-refractivity contribution >= 4 is 51.3 Å². The maximum Gasteiger partial charge on any atom is 0.267 e. The van der Waals surface area contributed by atoms with E-state index in [4.69, 9.17) is 11.6 Å². The molecule has 3 N–H and O–H groups in total. The zero-order chi connectivity index (χ0) is 17.9. The molecule has 0 atom stereocenters. The van der Waals surface area contributed by atoms with Gasteiger partial charge >= 0.3 is 0 Å². The highest BCUT2D eigenvalue weighted by Crippen LogP contribution is 2.25. The van der Waals surface area contributed by atoms with E-state index in [2.05, 4.69) is 20.6 Å². The topological polar surface area (TPSA) is 69.8 Å². The fourth-order valence-electron chi connectivity index (χ4n) is 2.69. The molecule has 0 aliphatic rings. The third-order valence-corrected chi connectivity index (χ3v) is 5.14. The first-order valence-corrected chi connectivity index (χ1v) is 9.26. The molecule has 0 unspecified atom stereocenters. The summed E-state index contributed by atoms with van der Waals surface area (Å²) in [6, 6.07) is 12.9. The molecule has 0 bridgehead atoms. The van der Waals surface area contributed by atoms with Crippen molar-refractivity contribution < 1.29 is 4.79 Å². The van der Waals surface area contributed by atoms with Crippen LogP contribution in [0.2, 0.25) is 5.02 Å². The van der Waals surface area contributed by atoms with Crippen molar-refractivity contribution in [2.24, 2.45) is 0 Å². The molecule has 26 heavy (non-hydrogen) atoms. The average Bonchev–Trinajstić information content (AvgIpc) is 3.28. The molecule has 3 aromatic heterocycles. The average molecular weight is 383 g/mol. The normalized spacial score (nSPS) is 10.8. The Hall–Kier alpha value is -2.83. The van der Waals surface area contributed by atoms with Crippen LogP contribution in [0.1, 0.15) is 15.2 Å². The highest BCUT2D eigenvalue weighted by atomic mass is 35.5. The molecule has 0 aliphatic carbocycles. The largest absolute Gasteiger partial charge is 0.380 e. The molecule has 0 fully saturated rings. The van der Waals surface area contributed by atoms with E-state index in [-0.39, 0.29) is 5.91 Å². The Labute approximate surface area is 159 Å². The quantitative estimate of drug-likeness (QED) is 0.447. The second-order valence-corrected chi connectivity index (χ2v) is 7.04. The summed E-state index contributed by atoms with van der Waals surface area (Å²) >= 11 is 7.28. The van der Waals surface area contributed by atoms with Crippen LogP contribution in [0.25, 0.3) is 11.0 Å². The van der Waals surface area contributed by atoms with Crippen LogP contribution in [0.5, 0.6) is 0 Å². The summed E-state index contributed by atoms with van der Waals surface area (Å²) in [7, 11) is 0. The number of pyridine rings is 1. The third-order valence-electron chi connectivity index (χ3n) is 3.98. The van der Waals surface area contributed by atoms with Gasteiger partial charge < -0.3 is 15.6 Å². The minimum absolute atomic E-state index is 0.148. The Bertz CT molecular complexity index is 1050. The van der Waals surface area contributed by atoms with Crippen LogP contribution in [0, 0.1) is 0 Å². The van der Waals surface area contributed by atoms with Crippen LogP contribution < -0.4 is 10.6 Å². The Kier molecular flexibility index (Phi) is 4.60. The van der Waals surface area contributed by atoms with E-state index in [1.165, 1.54) is 11.3 Å². The van der Waals surface area contributed by atoms with Gasteiger partial charge in [0.15, 0.2) is 0 Å². The van der Waals surface area contributed by atoms with E-state index < -0.39 is 0 Å². The first-order chi connectivity index (χ1) is 12.7. The number of carbonyl (C=O) groups excluding carboxylic acids is 1. The SMILES string of the molecule is O=C(Nc1ccc(Cl)cc1)c1sccc1NCc1c[nH]c2ncccc12. The number of aromatic amines is 1. The van der Waals surface area contributed by atoms with Gasteiger partial charge in [0.1, 0.15) is 10.5 Å². The van der Waals surface area contributed by atoms with Crippen molar-refractivity contribution in [2.75, 3.05) is 10.6 Å². The molecule has 130 valence electrons. The van der Waals surface area contributed by atoms with Crippen LogP contribution in [0.15, 0.2) is 60.2 Å².